The first-order chi connectivity index (χ1) is 17.1. The minimum absolute atomic E-state index is 0.0461. The van der Waals surface area contributed by atoms with Crippen LogP contribution in [-0.2, 0) is 11.3 Å². The summed E-state index contributed by atoms with van der Waals surface area (Å²) in [5.74, 6) is 0.247. The van der Waals surface area contributed by atoms with Crippen LogP contribution in [0.4, 0.5) is 5.69 Å². The Kier molecular flexibility index (Phi) is 6.86. The Bertz CT molecular complexity index is 1220. The highest BCUT2D eigenvalue weighted by Gasteiger charge is 2.32. The second-order valence-corrected chi connectivity index (χ2v) is 9.86. The lowest BCUT2D eigenvalue weighted by Gasteiger charge is -2.24. The van der Waals surface area contributed by atoms with Gasteiger partial charge in [0.1, 0.15) is 5.37 Å². The second kappa shape index (κ2) is 10.4. The third-order valence-corrected chi connectivity index (χ3v) is 7.68. The van der Waals surface area contributed by atoms with Crippen LogP contribution >= 0.6 is 11.8 Å². The molecule has 2 aliphatic rings. The quantitative estimate of drug-likeness (QED) is 0.536. The average Bonchev–Trinajstić information content (AvgIpc) is 3.56. The molecule has 0 aromatic heterocycles. The number of benzene rings is 3. The molecule has 0 bridgehead atoms. The van der Waals surface area contributed by atoms with Crippen LogP contribution < -0.4 is 5.32 Å². The normalized spacial score (nSPS) is 17.6. The highest BCUT2D eigenvalue weighted by Crippen LogP contribution is 2.39. The van der Waals surface area contributed by atoms with Gasteiger partial charge in [-0.3, -0.25) is 14.4 Å². The molecule has 7 heteroatoms. The van der Waals surface area contributed by atoms with E-state index in [0.29, 0.717) is 29.1 Å². The highest BCUT2D eigenvalue weighted by atomic mass is 32.2. The van der Waals surface area contributed by atoms with E-state index < -0.39 is 0 Å². The maximum absolute atomic E-state index is 13.0. The largest absolute Gasteiger partial charge is 0.339 e. The fourth-order valence-corrected chi connectivity index (χ4v) is 5.73. The van der Waals surface area contributed by atoms with Gasteiger partial charge in [-0.05, 0) is 48.2 Å². The zero-order valence-corrected chi connectivity index (χ0v) is 20.2. The van der Waals surface area contributed by atoms with E-state index in [4.69, 9.17) is 0 Å². The maximum atomic E-state index is 13.0. The highest BCUT2D eigenvalue weighted by molar-refractivity contribution is 8.00. The predicted molar refractivity (Wildman–Crippen MR) is 138 cm³/mol. The minimum atomic E-state index is -0.269. The number of nitrogens with one attached hydrogen (secondary N) is 1. The standard InChI is InChI=1S/C28H27N3O3S/c32-25-19-35-28(31(25)18-20-8-2-1-3-9-20)22-14-12-21(13-15-22)26(33)29-24-11-5-4-10-23(24)27(34)30-16-6-7-17-30/h1-5,8-15,28H,6-7,16-19H2,(H,29,33)/t28-/m0/s1. The van der Waals surface area contributed by atoms with Gasteiger partial charge in [0.15, 0.2) is 0 Å². The van der Waals surface area contributed by atoms with Gasteiger partial charge < -0.3 is 15.1 Å². The van der Waals surface area contributed by atoms with E-state index in [2.05, 4.69) is 5.32 Å². The molecule has 35 heavy (non-hydrogen) atoms. The molecule has 3 aromatic carbocycles. The number of thioether (sulfide) groups is 1. The first kappa shape index (κ1) is 23.2. The summed E-state index contributed by atoms with van der Waals surface area (Å²) < 4.78 is 0. The summed E-state index contributed by atoms with van der Waals surface area (Å²) in [6.45, 7) is 2.07. The van der Waals surface area contributed by atoms with Crippen LogP contribution in [0.5, 0.6) is 0 Å². The molecule has 2 heterocycles. The molecule has 0 aliphatic carbocycles. The molecule has 6 nitrogen and oxygen atoms in total. The smallest absolute Gasteiger partial charge is 0.255 e. The number of carbonyl (C=O) groups excluding carboxylic acids is 3. The van der Waals surface area contributed by atoms with Crippen molar-refractivity contribution in [2.24, 2.45) is 0 Å². The number of likely N-dealkylation sites (tertiary alicyclic amines) is 1. The van der Waals surface area contributed by atoms with E-state index in [1.807, 2.05) is 64.4 Å². The minimum Gasteiger partial charge on any atom is -0.339 e. The number of carbonyl (C=O) groups is 3. The third-order valence-electron chi connectivity index (χ3n) is 6.42. The second-order valence-electron chi connectivity index (χ2n) is 8.79. The zero-order valence-electron chi connectivity index (χ0n) is 19.4. The Morgan fingerprint density at radius 1 is 0.886 bits per heavy atom. The van der Waals surface area contributed by atoms with Gasteiger partial charge in [-0.15, -0.1) is 11.8 Å². The zero-order chi connectivity index (χ0) is 24.2. The topological polar surface area (TPSA) is 69.7 Å². The van der Waals surface area contributed by atoms with Crippen molar-refractivity contribution >= 4 is 35.2 Å². The molecule has 2 saturated heterocycles. The van der Waals surface area contributed by atoms with Crippen LogP contribution in [0, 0.1) is 0 Å². The summed E-state index contributed by atoms with van der Waals surface area (Å²) in [6.07, 6.45) is 2.03. The van der Waals surface area contributed by atoms with E-state index in [1.54, 1.807) is 36.0 Å². The number of rotatable bonds is 6. The van der Waals surface area contributed by atoms with Gasteiger partial charge in [0.05, 0.1) is 17.0 Å². The van der Waals surface area contributed by atoms with Crippen LogP contribution in [0.15, 0.2) is 78.9 Å². The van der Waals surface area contributed by atoms with Crippen molar-refractivity contribution < 1.29 is 14.4 Å². The van der Waals surface area contributed by atoms with E-state index in [1.165, 1.54) is 0 Å². The van der Waals surface area contributed by atoms with Crippen molar-refractivity contribution in [1.29, 1.82) is 0 Å². The lowest BCUT2D eigenvalue weighted by molar-refractivity contribution is -0.128. The molecule has 1 atom stereocenters. The lowest BCUT2D eigenvalue weighted by Crippen LogP contribution is -2.28. The van der Waals surface area contributed by atoms with Gasteiger partial charge >= 0.3 is 0 Å². The monoisotopic (exact) mass is 485 g/mol. The van der Waals surface area contributed by atoms with Gasteiger partial charge in [0.25, 0.3) is 11.8 Å². The first-order valence-electron chi connectivity index (χ1n) is 11.8. The number of hydrogen-bond donors (Lipinski definition) is 1. The maximum Gasteiger partial charge on any atom is 0.255 e. The Labute approximate surface area is 209 Å². The molecule has 0 spiro atoms. The number of amides is 3. The molecule has 0 saturated carbocycles. The average molecular weight is 486 g/mol. The van der Waals surface area contributed by atoms with E-state index >= 15 is 0 Å². The SMILES string of the molecule is O=C(Nc1ccccc1C(=O)N1CCCC1)c1ccc([C@@H]2SCC(=O)N2Cc2ccccc2)cc1. The van der Waals surface area contributed by atoms with Crippen molar-refractivity contribution in [1.82, 2.24) is 9.80 Å². The van der Waals surface area contributed by atoms with E-state index in [9.17, 15) is 14.4 Å². The fourth-order valence-electron chi connectivity index (χ4n) is 4.54. The third kappa shape index (κ3) is 5.10. The lowest BCUT2D eigenvalue weighted by atomic mass is 10.1. The van der Waals surface area contributed by atoms with Crippen molar-refractivity contribution in [3.63, 3.8) is 0 Å². The number of hydrogen-bond acceptors (Lipinski definition) is 4. The van der Waals surface area contributed by atoms with E-state index in [-0.39, 0.29) is 23.1 Å². The number of nitrogens with zero attached hydrogens (tertiary/aromatic N) is 2. The summed E-state index contributed by atoms with van der Waals surface area (Å²) >= 11 is 1.60. The predicted octanol–water partition coefficient (Wildman–Crippen LogP) is 4.95. The molecule has 1 N–H and O–H groups in total. The van der Waals surface area contributed by atoms with Gasteiger partial charge in [-0.2, -0.15) is 0 Å². The van der Waals surface area contributed by atoms with Gasteiger partial charge in [-0.1, -0.05) is 54.6 Å². The molecular weight excluding hydrogens is 458 g/mol. The summed E-state index contributed by atoms with van der Waals surface area (Å²) in [6, 6.07) is 24.5. The molecule has 2 fully saturated rings. The molecule has 3 amide bonds. The fraction of sp³-hybridized carbons (Fsp3) is 0.250. The van der Waals surface area contributed by atoms with Crippen LogP contribution in [0.3, 0.4) is 0 Å². The van der Waals surface area contributed by atoms with Crippen LogP contribution in [0.25, 0.3) is 0 Å². The van der Waals surface area contributed by atoms with Gasteiger partial charge in [0.2, 0.25) is 5.91 Å². The van der Waals surface area contributed by atoms with E-state index in [0.717, 1.165) is 37.1 Å². The molecule has 3 aromatic rings. The molecule has 178 valence electrons. The van der Waals surface area contributed by atoms with Gasteiger partial charge in [0, 0.05) is 25.2 Å². The first-order valence-corrected chi connectivity index (χ1v) is 12.9. The van der Waals surface area contributed by atoms with Crippen molar-refractivity contribution in [2.75, 3.05) is 24.2 Å². The van der Waals surface area contributed by atoms with Crippen molar-refractivity contribution in [3.05, 3.63) is 101 Å². The van der Waals surface area contributed by atoms with Crippen molar-refractivity contribution in [2.45, 2.75) is 24.8 Å². The number of anilines is 1. The Morgan fingerprint density at radius 2 is 1.57 bits per heavy atom. The molecule has 5 rings (SSSR count). The Morgan fingerprint density at radius 3 is 2.31 bits per heavy atom. The number of para-hydroxylation sites is 1. The molecule has 0 unspecified atom stereocenters. The summed E-state index contributed by atoms with van der Waals surface area (Å²) in [5, 5.41) is 2.83. The van der Waals surface area contributed by atoms with Crippen molar-refractivity contribution in [3.8, 4) is 0 Å². The summed E-state index contributed by atoms with van der Waals surface area (Å²) in [7, 11) is 0. The summed E-state index contributed by atoms with van der Waals surface area (Å²) in [5.41, 5.74) is 3.60. The molecule has 0 radical (unpaired) electrons. The molecular formula is C28H27N3O3S. The van der Waals surface area contributed by atoms with Crippen LogP contribution in [0.2, 0.25) is 0 Å². The van der Waals surface area contributed by atoms with Crippen LogP contribution in [0.1, 0.15) is 50.1 Å². The van der Waals surface area contributed by atoms with Crippen LogP contribution in [-0.4, -0.2) is 46.4 Å². The van der Waals surface area contributed by atoms with Gasteiger partial charge in [-0.25, -0.2) is 0 Å². The summed E-state index contributed by atoms with van der Waals surface area (Å²) in [4.78, 5) is 42.2. The molecule has 2 aliphatic heterocycles. The Hall–Kier alpha value is -3.58. The Balaban J connectivity index is 1.29.